The van der Waals surface area contributed by atoms with Gasteiger partial charge in [-0.2, -0.15) is 0 Å². The summed E-state index contributed by atoms with van der Waals surface area (Å²) in [6, 6.07) is 0. The van der Waals surface area contributed by atoms with Gasteiger partial charge in [0.1, 0.15) is 12.7 Å². The van der Waals surface area contributed by atoms with Crippen LogP contribution in [0.4, 0.5) is 0 Å². The van der Waals surface area contributed by atoms with Crippen molar-refractivity contribution in [1.82, 2.24) is 0 Å². The Morgan fingerprint density at radius 2 is 0.684 bits per heavy atom. The number of unbranched alkanes of at least 4 members (excludes halogenated alkanes) is 31. The van der Waals surface area contributed by atoms with Crippen LogP contribution >= 0.6 is 7.82 Å². The Bertz CT molecular complexity index is 1510. The minimum Gasteiger partial charge on any atom is -0.462 e. The highest BCUT2D eigenvalue weighted by Gasteiger charge is 2.28. The molecule has 0 amide bonds. The molecule has 0 saturated carbocycles. The highest BCUT2D eigenvalue weighted by atomic mass is 31.2. The van der Waals surface area contributed by atoms with Crippen molar-refractivity contribution in [3.63, 3.8) is 0 Å². The summed E-state index contributed by atoms with van der Waals surface area (Å²) < 4.78 is 39.6. The number of rotatable bonds is 58. The summed E-state index contributed by atoms with van der Waals surface area (Å²) in [5.41, 5.74) is 0. The lowest BCUT2D eigenvalue weighted by Crippen LogP contribution is -2.30. The zero-order valence-corrected chi connectivity index (χ0v) is 49.9. The quantitative estimate of drug-likeness (QED) is 0.0197. The van der Waals surface area contributed by atoms with Crippen molar-refractivity contribution in [3.8, 4) is 0 Å². The van der Waals surface area contributed by atoms with Crippen LogP contribution in [0.5, 0.6) is 0 Å². The number of carbonyl (C=O) groups excluding carboxylic acids is 3. The molecule has 0 radical (unpaired) electrons. The van der Waals surface area contributed by atoms with E-state index in [4.69, 9.17) is 23.3 Å². The number of aliphatic hydroxyl groups is 1. The molecule has 0 aromatic carbocycles. The van der Waals surface area contributed by atoms with E-state index in [9.17, 15) is 28.9 Å². The van der Waals surface area contributed by atoms with Crippen LogP contribution < -0.4 is 0 Å². The van der Waals surface area contributed by atoms with Crippen LogP contribution in [0.1, 0.15) is 290 Å². The van der Waals surface area contributed by atoms with Crippen LogP contribution in [0.25, 0.3) is 0 Å². The van der Waals surface area contributed by atoms with Gasteiger partial charge in [-0.25, -0.2) is 4.57 Å². The van der Waals surface area contributed by atoms with Crippen molar-refractivity contribution in [2.24, 2.45) is 0 Å². The normalized spacial score (nSPS) is 13.7. The molecule has 0 aliphatic rings. The van der Waals surface area contributed by atoms with E-state index in [1.165, 1.54) is 141 Å². The fourth-order valence-electron chi connectivity index (χ4n) is 8.74. The van der Waals surface area contributed by atoms with Gasteiger partial charge in [0.2, 0.25) is 0 Å². The molecule has 0 fully saturated rings. The second-order valence-corrected chi connectivity index (χ2v) is 22.3. The maximum Gasteiger partial charge on any atom is 0.472 e. The van der Waals surface area contributed by atoms with Crippen LogP contribution in [0.3, 0.4) is 0 Å². The van der Waals surface area contributed by atoms with Gasteiger partial charge in [0.25, 0.3) is 0 Å². The van der Waals surface area contributed by atoms with Crippen molar-refractivity contribution in [1.29, 1.82) is 0 Å². The largest absolute Gasteiger partial charge is 0.472 e. The zero-order chi connectivity index (χ0) is 55.5. The second kappa shape index (κ2) is 58.3. The molecule has 0 aromatic heterocycles. The standard InChI is InChI=1S/C64H115O11P/c1-4-7-10-13-16-19-22-24-26-28-30-32-34-36-39-42-45-48-51-54-63(67)74-60(56-65)58-72-76(69,70)73-59-61(57-71-62(66)53-50-47-44-41-38-21-18-15-12-9-6-3)75-64(68)55-52-49-46-43-40-37-35-33-31-29-27-25-23-20-17-14-11-8-5-2/h8,11,17,20,25,27,31,33,37,40,60-61,65H,4-7,9-10,12-16,18-19,21-24,26,28-30,32,34-36,38-39,41-59H2,1-3H3,(H,69,70)/b11-8-,20-17-,27-25-,33-31-,40-37-. The molecule has 0 rings (SSSR count). The summed E-state index contributed by atoms with van der Waals surface area (Å²) in [5, 5.41) is 9.84. The number of allylic oxidation sites excluding steroid dienone is 10. The summed E-state index contributed by atoms with van der Waals surface area (Å²) in [6.45, 7) is 4.53. The summed E-state index contributed by atoms with van der Waals surface area (Å²) in [4.78, 5) is 48.6. The Hall–Kier alpha value is -2.82. The molecule has 442 valence electrons. The van der Waals surface area contributed by atoms with Gasteiger partial charge in [-0.05, 0) is 64.2 Å². The predicted octanol–water partition coefficient (Wildman–Crippen LogP) is 18.7. The first-order valence-corrected chi connectivity index (χ1v) is 32.7. The Morgan fingerprint density at radius 3 is 1.05 bits per heavy atom. The first kappa shape index (κ1) is 73.2. The van der Waals surface area contributed by atoms with Crippen molar-refractivity contribution in [3.05, 3.63) is 60.8 Å². The average Bonchev–Trinajstić information content (AvgIpc) is 3.41. The minimum absolute atomic E-state index is 0.130. The smallest absolute Gasteiger partial charge is 0.462 e. The van der Waals surface area contributed by atoms with E-state index >= 15 is 0 Å². The van der Waals surface area contributed by atoms with E-state index in [0.717, 1.165) is 89.9 Å². The maximum atomic E-state index is 12.9. The Labute approximate surface area is 465 Å². The number of aliphatic hydroxyl groups excluding tert-OH is 1. The van der Waals surface area contributed by atoms with E-state index in [-0.39, 0.29) is 25.9 Å². The molecule has 3 unspecified atom stereocenters. The van der Waals surface area contributed by atoms with E-state index in [1.807, 2.05) is 0 Å². The molecule has 12 heteroatoms. The zero-order valence-electron chi connectivity index (χ0n) is 49.0. The highest BCUT2D eigenvalue weighted by molar-refractivity contribution is 7.47. The fraction of sp³-hybridized carbons (Fsp3) is 0.797. The predicted molar refractivity (Wildman–Crippen MR) is 316 cm³/mol. The SMILES string of the molecule is CC/C=C\C/C=C\C/C=C\C/C=C\C/C=C\CCCCCC(=O)OC(COC(=O)CCCCCCCCCCCCC)COP(=O)(O)OCC(CO)OC(=O)CCCCCCCCCCCCCCCCCCCCC. The van der Waals surface area contributed by atoms with Gasteiger partial charge in [-0.1, -0.05) is 268 Å². The van der Waals surface area contributed by atoms with Crippen LogP contribution in [0.15, 0.2) is 60.8 Å². The van der Waals surface area contributed by atoms with E-state index in [0.29, 0.717) is 19.3 Å². The molecule has 0 aromatic rings. The topological polar surface area (TPSA) is 155 Å². The lowest BCUT2D eigenvalue weighted by molar-refractivity contribution is -0.161. The molecule has 0 bridgehead atoms. The monoisotopic (exact) mass is 1090 g/mol. The van der Waals surface area contributed by atoms with Crippen molar-refractivity contribution < 1.29 is 52.2 Å². The van der Waals surface area contributed by atoms with Crippen LogP contribution in [0.2, 0.25) is 0 Å². The van der Waals surface area contributed by atoms with Crippen LogP contribution in [-0.4, -0.2) is 66.5 Å². The van der Waals surface area contributed by atoms with Crippen molar-refractivity contribution in [2.75, 3.05) is 26.4 Å². The second-order valence-electron chi connectivity index (χ2n) is 20.9. The van der Waals surface area contributed by atoms with Crippen molar-refractivity contribution in [2.45, 2.75) is 303 Å². The summed E-state index contributed by atoms with van der Waals surface area (Å²) >= 11 is 0. The lowest BCUT2D eigenvalue weighted by Gasteiger charge is -2.21. The van der Waals surface area contributed by atoms with E-state index < -0.39 is 57.8 Å². The molecule has 2 N–H and O–H groups in total. The molecule has 3 atom stereocenters. The van der Waals surface area contributed by atoms with Crippen molar-refractivity contribution >= 4 is 25.7 Å². The third kappa shape index (κ3) is 55.9. The number of phosphoric ester groups is 1. The van der Waals surface area contributed by atoms with Crippen LogP contribution in [0, 0.1) is 0 Å². The van der Waals surface area contributed by atoms with Crippen LogP contribution in [-0.2, 0) is 42.2 Å². The van der Waals surface area contributed by atoms with Gasteiger partial charge >= 0.3 is 25.7 Å². The van der Waals surface area contributed by atoms with Gasteiger partial charge in [0.15, 0.2) is 6.10 Å². The van der Waals surface area contributed by atoms with E-state index in [2.05, 4.69) is 81.5 Å². The summed E-state index contributed by atoms with van der Waals surface area (Å²) in [7, 11) is -4.76. The number of phosphoric acid groups is 1. The molecule has 0 spiro atoms. The number of ether oxygens (including phenoxy) is 3. The minimum atomic E-state index is -4.76. The fourth-order valence-corrected chi connectivity index (χ4v) is 9.52. The molecule has 0 aliphatic heterocycles. The Balaban J connectivity index is 4.65. The van der Waals surface area contributed by atoms with Gasteiger partial charge in [-0.15, -0.1) is 0 Å². The van der Waals surface area contributed by atoms with Gasteiger partial charge in [0.05, 0.1) is 19.8 Å². The summed E-state index contributed by atoms with van der Waals surface area (Å²) in [5.74, 6) is -1.49. The maximum absolute atomic E-state index is 12.9. The van der Waals surface area contributed by atoms with Gasteiger partial charge in [-0.3, -0.25) is 23.4 Å². The molecule has 0 heterocycles. The van der Waals surface area contributed by atoms with Gasteiger partial charge < -0.3 is 24.2 Å². The molecular formula is C64H115O11P. The first-order valence-electron chi connectivity index (χ1n) is 31.2. The van der Waals surface area contributed by atoms with E-state index in [1.54, 1.807) is 0 Å². The number of carbonyl (C=O) groups is 3. The molecular weight excluding hydrogens is 976 g/mol. The lowest BCUT2D eigenvalue weighted by atomic mass is 10.0. The molecule has 76 heavy (non-hydrogen) atoms. The molecule has 0 saturated heterocycles. The Kier molecular flexibility index (Phi) is 56.2. The molecule has 11 nitrogen and oxygen atoms in total. The number of hydrogen-bond acceptors (Lipinski definition) is 10. The average molecular weight is 1090 g/mol. The third-order valence-corrected chi connectivity index (χ3v) is 14.4. The first-order chi connectivity index (χ1) is 37.2. The number of hydrogen-bond donors (Lipinski definition) is 2. The third-order valence-electron chi connectivity index (χ3n) is 13.5. The number of esters is 3. The summed E-state index contributed by atoms with van der Waals surface area (Å²) in [6.07, 6.45) is 64.7. The van der Waals surface area contributed by atoms with Gasteiger partial charge in [0, 0.05) is 19.3 Å². The highest BCUT2D eigenvalue weighted by Crippen LogP contribution is 2.43. The Morgan fingerprint density at radius 1 is 0.382 bits per heavy atom. The molecule has 0 aliphatic carbocycles.